The largest absolute Gasteiger partial charge is 0.467 e. The van der Waals surface area contributed by atoms with Gasteiger partial charge in [-0.1, -0.05) is 6.07 Å². The van der Waals surface area contributed by atoms with E-state index in [2.05, 4.69) is 20.2 Å². The molecule has 4 aromatic rings. The molecule has 4 fully saturated rings. The highest BCUT2D eigenvalue weighted by molar-refractivity contribution is 7.23. The van der Waals surface area contributed by atoms with Crippen molar-refractivity contribution in [1.82, 2.24) is 20.2 Å². The number of hydrogen-bond donors (Lipinski definition) is 2. The number of benzene rings is 2. The van der Waals surface area contributed by atoms with Crippen LogP contribution in [0.4, 0.5) is 37.2 Å². The molecule has 2 aromatic carbocycles. The standard InChI is InChI=1S/C25H19F5N6OS.C7H12FN/c1-37-24-34-20-13(23(35-24)36-8-10-2-3-11(9-36)33-10)6-15(25(28,29)30)18(19(20)27)12-4-5-16(26)21-17(12)14(7-31)22(32)38-21;8-6-4-7-2-1-3-9(7)5-6/h4-6,10-11,33H,2-3,8-9,32H2,1H3;6-7H,1-5H2. The molecule has 47 heavy (non-hydrogen) atoms. The number of anilines is 2. The van der Waals surface area contributed by atoms with Crippen LogP contribution in [0.1, 0.15) is 43.2 Å². The Labute approximate surface area is 270 Å². The van der Waals surface area contributed by atoms with Crippen molar-refractivity contribution in [3.8, 4) is 23.2 Å². The lowest BCUT2D eigenvalue weighted by molar-refractivity contribution is -0.137. The molecule has 0 radical (unpaired) electrons. The minimum atomic E-state index is -5.00. The highest BCUT2D eigenvalue weighted by Crippen LogP contribution is 2.48. The normalized spacial score (nSPS) is 24.0. The molecule has 3 N–H and O–H groups in total. The van der Waals surface area contributed by atoms with Crippen molar-refractivity contribution in [1.29, 1.82) is 5.26 Å². The van der Waals surface area contributed by atoms with Crippen molar-refractivity contribution in [2.24, 2.45) is 0 Å². The lowest BCUT2D eigenvalue weighted by atomic mass is 9.92. The maximum Gasteiger partial charge on any atom is 0.417 e. The molecule has 8 rings (SSSR count). The highest BCUT2D eigenvalue weighted by atomic mass is 32.1. The number of piperazine rings is 1. The number of nitrogens with one attached hydrogen (secondary N) is 1. The predicted molar refractivity (Wildman–Crippen MR) is 167 cm³/mol. The Morgan fingerprint density at radius 2 is 1.85 bits per heavy atom. The Hall–Kier alpha value is -3.87. The van der Waals surface area contributed by atoms with Crippen molar-refractivity contribution in [2.45, 2.75) is 62.6 Å². The van der Waals surface area contributed by atoms with Gasteiger partial charge in [0.05, 0.1) is 22.9 Å². The summed E-state index contributed by atoms with van der Waals surface area (Å²) in [6, 6.07) is 5.27. The van der Waals surface area contributed by atoms with E-state index in [1.54, 1.807) is 0 Å². The van der Waals surface area contributed by atoms with Gasteiger partial charge in [-0.05, 0) is 56.3 Å². The summed E-state index contributed by atoms with van der Waals surface area (Å²) in [5, 5.41) is 12.7. The SMILES string of the molecule is COc1nc(N2CC3CCC(C2)N3)c2cc(C(F)(F)F)c(-c3ccc(F)c4sc(N)c(C#N)c34)c(F)c2n1.FC1CC2CCCN2C1. The summed E-state index contributed by atoms with van der Waals surface area (Å²) in [6.45, 7) is 2.82. The Kier molecular flexibility index (Phi) is 8.08. The molecule has 2 aromatic heterocycles. The first-order valence-electron chi connectivity index (χ1n) is 15.4. The maximum absolute atomic E-state index is 16.4. The zero-order valence-corrected chi connectivity index (χ0v) is 26.1. The van der Waals surface area contributed by atoms with Crippen LogP contribution in [0, 0.1) is 23.0 Å². The van der Waals surface area contributed by atoms with Crippen LogP contribution >= 0.6 is 11.3 Å². The molecule has 0 spiro atoms. The third-order valence-corrected chi connectivity index (χ3v) is 10.6. The molecule has 4 unspecified atom stereocenters. The number of nitriles is 1. The number of hydrogen-bond acceptors (Lipinski definition) is 9. The van der Waals surface area contributed by atoms with Gasteiger partial charge in [0.15, 0.2) is 5.82 Å². The molecular weight excluding hydrogens is 644 g/mol. The van der Waals surface area contributed by atoms with Crippen LogP contribution in [0.25, 0.3) is 32.1 Å². The average molecular weight is 676 g/mol. The zero-order chi connectivity index (χ0) is 33.2. The van der Waals surface area contributed by atoms with Gasteiger partial charge in [-0.15, -0.1) is 11.3 Å². The van der Waals surface area contributed by atoms with E-state index in [-0.39, 0.29) is 61.0 Å². The van der Waals surface area contributed by atoms with Crippen LogP contribution in [0.3, 0.4) is 0 Å². The van der Waals surface area contributed by atoms with Crippen LogP contribution in [0.2, 0.25) is 0 Å². The Morgan fingerprint density at radius 1 is 1.11 bits per heavy atom. The molecule has 8 nitrogen and oxygen atoms in total. The van der Waals surface area contributed by atoms with Crippen LogP contribution in [0.5, 0.6) is 6.01 Å². The maximum atomic E-state index is 16.4. The summed E-state index contributed by atoms with van der Waals surface area (Å²) in [6.07, 6.45) is -0.356. The minimum absolute atomic E-state index is 0.0803. The second-order valence-corrected chi connectivity index (χ2v) is 13.5. The van der Waals surface area contributed by atoms with Gasteiger partial charge in [0.25, 0.3) is 0 Å². The molecular formula is C32H31F6N7OS. The first-order chi connectivity index (χ1) is 22.5. The van der Waals surface area contributed by atoms with Crippen LogP contribution in [-0.2, 0) is 6.18 Å². The molecule has 0 amide bonds. The number of methoxy groups -OCH3 is 1. The summed E-state index contributed by atoms with van der Waals surface area (Å²) < 4.78 is 92.3. The lowest BCUT2D eigenvalue weighted by Crippen LogP contribution is -2.51. The Balaban J connectivity index is 0.000000334. The number of nitrogen functional groups attached to an aromatic ring is 1. The van der Waals surface area contributed by atoms with E-state index in [1.165, 1.54) is 20.0 Å². The zero-order valence-electron chi connectivity index (χ0n) is 25.3. The van der Waals surface area contributed by atoms with Gasteiger partial charge in [-0.3, -0.25) is 4.90 Å². The number of thiophene rings is 1. The Morgan fingerprint density at radius 3 is 2.51 bits per heavy atom. The molecule has 2 bridgehead atoms. The Bertz CT molecular complexity index is 1890. The smallest absolute Gasteiger partial charge is 0.417 e. The number of halogens is 6. The van der Waals surface area contributed by atoms with Crippen LogP contribution in [0.15, 0.2) is 18.2 Å². The number of alkyl halides is 4. The molecule has 15 heteroatoms. The molecule has 4 aliphatic heterocycles. The molecule has 4 saturated heterocycles. The second kappa shape index (κ2) is 12.0. The molecule has 0 saturated carbocycles. The van der Waals surface area contributed by atoms with Gasteiger partial charge >= 0.3 is 12.2 Å². The van der Waals surface area contributed by atoms with E-state index in [4.69, 9.17) is 10.5 Å². The van der Waals surface area contributed by atoms with E-state index in [9.17, 15) is 27.2 Å². The van der Waals surface area contributed by atoms with Gasteiger partial charge in [0.2, 0.25) is 0 Å². The molecule has 4 aliphatic rings. The van der Waals surface area contributed by atoms with Crippen LogP contribution < -0.4 is 20.7 Å². The first-order valence-corrected chi connectivity index (χ1v) is 16.2. The van der Waals surface area contributed by atoms with Crippen molar-refractivity contribution in [2.75, 3.05) is 43.9 Å². The summed E-state index contributed by atoms with van der Waals surface area (Å²) >= 11 is 0.714. The summed E-state index contributed by atoms with van der Waals surface area (Å²) in [5.41, 5.74) is 2.82. The van der Waals surface area contributed by atoms with Gasteiger partial charge in [0, 0.05) is 54.1 Å². The van der Waals surface area contributed by atoms with E-state index in [0.29, 0.717) is 37.0 Å². The van der Waals surface area contributed by atoms with Gasteiger partial charge < -0.3 is 20.7 Å². The number of fused-ring (bicyclic) bond motifs is 5. The van der Waals surface area contributed by atoms with Crippen molar-refractivity contribution in [3.63, 3.8) is 0 Å². The fourth-order valence-corrected chi connectivity index (χ4v) is 8.46. The second-order valence-electron chi connectivity index (χ2n) is 12.5. The third-order valence-electron chi connectivity index (χ3n) is 9.55. The van der Waals surface area contributed by atoms with E-state index >= 15 is 4.39 Å². The topological polar surface area (TPSA) is 103 Å². The monoisotopic (exact) mass is 675 g/mol. The van der Waals surface area contributed by atoms with E-state index < -0.39 is 35.1 Å². The summed E-state index contributed by atoms with van der Waals surface area (Å²) in [5.74, 6) is -1.92. The number of nitrogens with zero attached hydrogens (tertiary/aromatic N) is 5. The highest BCUT2D eigenvalue weighted by Gasteiger charge is 2.40. The molecule has 6 heterocycles. The summed E-state index contributed by atoms with van der Waals surface area (Å²) in [4.78, 5) is 12.5. The summed E-state index contributed by atoms with van der Waals surface area (Å²) in [7, 11) is 1.28. The van der Waals surface area contributed by atoms with E-state index in [1.807, 2.05) is 11.0 Å². The first kappa shape index (κ1) is 31.7. The molecule has 4 atom stereocenters. The van der Waals surface area contributed by atoms with Crippen molar-refractivity contribution >= 4 is 43.1 Å². The van der Waals surface area contributed by atoms with Crippen LogP contribution in [-0.4, -0.2) is 72.5 Å². The fraction of sp³-hybridized carbons (Fsp3) is 0.469. The van der Waals surface area contributed by atoms with Crippen molar-refractivity contribution < 1.29 is 31.1 Å². The quantitative estimate of drug-likeness (QED) is 0.241. The third kappa shape index (κ3) is 5.59. The van der Waals surface area contributed by atoms with Crippen molar-refractivity contribution in [3.05, 3.63) is 41.0 Å². The van der Waals surface area contributed by atoms with E-state index in [0.717, 1.165) is 44.0 Å². The molecule has 0 aliphatic carbocycles. The minimum Gasteiger partial charge on any atom is -0.467 e. The lowest BCUT2D eigenvalue weighted by Gasteiger charge is -2.34. The number of ether oxygens (including phenoxy) is 1. The van der Waals surface area contributed by atoms with Gasteiger partial charge in [0.1, 0.15) is 34.4 Å². The number of rotatable bonds is 3. The predicted octanol–water partition coefficient (Wildman–Crippen LogP) is 6.40. The fourth-order valence-electron chi connectivity index (χ4n) is 7.52. The molecule has 248 valence electrons. The average Bonchev–Trinajstić information content (AvgIpc) is 3.79. The number of nitrogens with two attached hydrogens (primary N) is 1. The number of aromatic nitrogens is 2. The van der Waals surface area contributed by atoms with Gasteiger partial charge in [-0.2, -0.15) is 28.4 Å². The van der Waals surface area contributed by atoms with Gasteiger partial charge in [-0.25, -0.2) is 13.2 Å².